The first kappa shape index (κ1) is 19.2. The Labute approximate surface area is 180 Å². The van der Waals surface area contributed by atoms with E-state index >= 15 is 0 Å². The van der Waals surface area contributed by atoms with E-state index in [1.165, 1.54) is 0 Å². The number of aromatic amines is 1. The third-order valence-corrected chi connectivity index (χ3v) is 7.00. The van der Waals surface area contributed by atoms with Gasteiger partial charge in [0.2, 0.25) is 11.8 Å². The zero-order chi connectivity index (χ0) is 20.9. The highest BCUT2D eigenvalue weighted by Gasteiger charge is 2.46. The summed E-state index contributed by atoms with van der Waals surface area (Å²) < 4.78 is 0. The summed E-state index contributed by atoms with van der Waals surface area (Å²) >= 11 is 6.34. The number of piperidine rings is 1. The van der Waals surface area contributed by atoms with E-state index in [1.807, 2.05) is 58.5 Å². The van der Waals surface area contributed by atoms with Gasteiger partial charge in [-0.25, -0.2) is 0 Å². The van der Waals surface area contributed by atoms with E-state index in [4.69, 9.17) is 11.6 Å². The van der Waals surface area contributed by atoms with Gasteiger partial charge in [-0.1, -0.05) is 29.8 Å². The zero-order valence-electron chi connectivity index (χ0n) is 17.0. The van der Waals surface area contributed by atoms with Gasteiger partial charge in [0.05, 0.1) is 6.42 Å². The molecular weight excluding hydrogens is 398 g/mol. The van der Waals surface area contributed by atoms with Crippen LogP contribution in [0.15, 0.2) is 48.7 Å². The van der Waals surface area contributed by atoms with Crippen LogP contribution in [0.3, 0.4) is 0 Å². The molecule has 30 heavy (non-hydrogen) atoms. The topological polar surface area (TPSA) is 56.4 Å². The lowest BCUT2D eigenvalue weighted by atomic mass is 9.74. The lowest BCUT2D eigenvalue weighted by molar-refractivity contribution is -0.130. The number of hydrogen-bond donors (Lipinski definition) is 1. The number of carbonyl (C=O) groups is 2. The molecule has 3 aromatic rings. The number of likely N-dealkylation sites (tertiary alicyclic amines) is 1. The highest BCUT2D eigenvalue weighted by atomic mass is 35.5. The number of anilines is 1. The van der Waals surface area contributed by atoms with Crippen LogP contribution in [0.4, 0.5) is 5.69 Å². The van der Waals surface area contributed by atoms with Crippen molar-refractivity contribution in [2.45, 2.75) is 31.6 Å². The maximum Gasteiger partial charge on any atom is 0.231 e. The minimum absolute atomic E-state index is 0.0919. The molecule has 5 rings (SSSR count). The van der Waals surface area contributed by atoms with Crippen molar-refractivity contribution in [3.05, 3.63) is 64.8 Å². The van der Waals surface area contributed by atoms with Crippen molar-refractivity contribution < 1.29 is 9.59 Å². The highest BCUT2D eigenvalue weighted by molar-refractivity contribution is 6.30. The average Bonchev–Trinajstić information content (AvgIpc) is 3.28. The third-order valence-electron chi connectivity index (χ3n) is 6.77. The van der Waals surface area contributed by atoms with Crippen molar-refractivity contribution in [1.29, 1.82) is 0 Å². The zero-order valence-corrected chi connectivity index (χ0v) is 17.7. The maximum absolute atomic E-state index is 13.4. The van der Waals surface area contributed by atoms with Gasteiger partial charge in [-0.15, -0.1) is 0 Å². The summed E-state index contributed by atoms with van der Waals surface area (Å²) in [6.07, 6.45) is 3.97. The molecule has 2 aliphatic heterocycles. The fourth-order valence-corrected chi connectivity index (χ4v) is 5.25. The van der Waals surface area contributed by atoms with Crippen molar-refractivity contribution in [1.82, 2.24) is 9.88 Å². The second-order valence-corrected chi connectivity index (χ2v) is 8.90. The van der Waals surface area contributed by atoms with Crippen LogP contribution in [0.1, 0.15) is 30.9 Å². The first-order chi connectivity index (χ1) is 14.5. The summed E-state index contributed by atoms with van der Waals surface area (Å²) in [6.45, 7) is 3.70. The number of benzene rings is 2. The fraction of sp³-hybridized carbons (Fsp3) is 0.333. The second kappa shape index (κ2) is 7.17. The number of nitrogens with zero attached hydrogens (tertiary/aromatic N) is 2. The van der Waals surface area contributed by atoms with E-state index in [2.05, 4.69) is 4.98 Å². The predicted molar refractivity (Wildman–Crippen MR) is 119 cm³/mol. The number of H-pyrrole nitrogens is 1. The molecule has 1 N–H and O–H groups in total. The number of carbonyl (C=O) groups excluding carboxylic acids is 2. The molecule has 5 nitrogen and oxygen atoms in total. The van der Waals surface area contributed by atoms with E-state index in [0.29, 0.717) is 31.1 Å². The summed E-state index contributed by atoms with van der Waals surface area (Å²) in [5.41, 5.74) is 4.02. The Kier molecular flexibility index (Phi) is 4.58. The summed E-state index contributed by atoms with van der Waals surface area (Å²) in [5, 5.41) is 1.78. The molecular formula is C24H24ClN3O2. The number of rotatable bonds is 2. The van der Waals surface area contributed by atoms with Crippen molar-refractivity contribution in [3.8, 4) is 0 Å². The molecule has 6 heteroatoms. The first-order valence-corrected chi connectivity index (χ1v) is 10.8. The number of hydrogen-bond acceptors (Lipinski definition) is 2. The van der Waals surface area contributed by atoms with Crippen LogP contribution in [0.25, 0.3) is 10.9 Å². The van der Waals surface area contributed by atoms with Crippen molar-refractivity contribution in [2.75, 3.05) is 24.5 Å². The van der Waals surface area contributed by atoms with Gasteiger partial charge in [0.15, 0.2) is 0 Å². The molecule has 2 amide bonds. The molecule has 1 spiro atoms. The Morgan fingerprint density at radius 1 is 1.13 bits per heavy atom. The molecule has 0 saturated carbocycles. The Morgan fingerprint density at radius 2 is 1.90 bits per heavy atom. The van der Waals surface area contributed by atoms with Crippen LogP contribution < -0.4 is 4.90 Å². The number of aromatic nitrogens is 1. The minimum Gasteiger partial charge on any atom is -0.361 e. The second-order valence-electron chi connectivity index (χ2n) is 8.46. The van der Waals surface area contributed by atoms with Crippen molar-refractivity contribution in [3.63, 3.8) is 0 Å². The minimum atomic E-state index is -0.137. The molecule has 2 aromatic carbocycles. The molecule has 2 aliphatic rings. The monoisotopic (exact) mass is 421 g/mol. The molecule has 0 radical (unpaired) electrons. The van der Waals surface area contributed by atoms with Crippen LogP contribution in [-0.4, -0.2) is 41.3 Å². The van der Waals surface area contributed by atoms with Gasteiger partial charge in [-0.3, -0.25) is 9.59 Å². The van der Waals surface area contributed by atoms with Gasteiger partial charge < -0.3 is 14.8 Å². The van der Waals surface area contributed by atoms with Crippen LogP contribution >= 0.6 is 11.6 Å². The first-order valence-electron chi connectivity index (χ1n) is 10.4. The Morgan fingerprint density at radius 3 is 2.67 bits per heavy atom. The SMILES string of the molecule is CC(=O)N1CCC2(CC1)CN(C(=O)Cc1c[nH]c3ccccc13)c1ccc(Cl)cc12. The third kappa shape index (κ3) is 3.08. The van der Waals surface area contributed by atoms with Crippen molar-refractivity contribution >= 4 is 40.0 Å². The highest BCUT2D eigenvalue weighted by Crippen LogP contribution is 2.48. The van der Waals surface area contributed by atoms with E-state index in [9.17, 15) is 9.59 Å². The molecule has 1 fully saturated rings. The normalized spacial score (nSPS) is 17.5. The van der Waals surface area contributed by atoms with Gasteiger partial charge in [0.1, 0.15) is 0 Å². The van der Waals surface area contributed by atoms with Crippen LogP contribution in [0, 0.1) is 0 Å². The lowest BCUT2D eigenvalue weighted by Crippen LogP contribution is -2.47. The summed E-state index contributed by atoms with van der Waals surface area (Å²) in [5.74, 6) is 0.204. The Balaban J connectivity index is 1.45. The molecule has 0 atom stereocenters. The number of nitrogens with one attached hydrogen (secondary N) is 1. The molecule has 0 bridgehead atoms. The van der Waals surface area contributed by atoms with Crippen LogP contribution in [0.2, 0.25) is 5.02 Å². The standard InChI is InChI=1S/C24H24ClN3O2/c1-16(29)27-10-8-24(9-11-27)15-28(22-7-6-18(25)13-20(22)24)23(30)12-17-14-26-21-5-3-2-4-19(17)21/h2-7,13-14,26H,8-12,15H2,1H3. The van der Waals surface area contributed by atoms with E-state index in [1.54, 1.807) is 6.92 Å². The van der Waals surface area contributed by atoms with Gasteiger partial charge in [-0.2, -0.15) is 0 Å². The quantitative estimate of drug-likeness (QED) is 0.671. The Bertz CT molecular complexity index is 1140. The van der Waals surface area contributed by atoms with Crippen molar-refractivity contribution in [2.24, 2.45) is 0 Å². The molecule has 3 heterocycles. The van der Waals surface area contributed by atoms with Crippen LogP contribution in [-0.2, 0) is 21.4 Å². The van der Waals surface area contributed by atoms with Crippen LogP contribution in [0.5, 0.6) is 0 Å². The van der Waals surface area contributed by atoms with E-state index < -0.39 is 0 Å². The van der Waals surface area contributed by atoms with Gasteiger partial charge in [0.25, 0.3) is 0 Å². The van der Waals surface area contributed by atoms with E-state index in [0.717, 1.165) is 40.6 Å². The summed E-state index contributed by atoms with van der Waals surface area (Å²) in [4.78, 5) is 32.3. The largest absolute Gasteiger partial charge is 0.361 e. The number of halogens is 1. The summed E-state index contributed by atoms with van der Waals surface area (Å²) in [7, 11) is 0. The lowest BCUT2D eigenvalue weighted by Gasteiger charge is -2.39. The Hall–Kier alpha value is -2.79. The predicted octanol–water partition coefficient (Wildman–Crippen LogP) is 4.29. The smallest absolute Gasteiger partial charge is 0.231 e. The maximum atomic E-state index is 13.4. The van der Waals surface area contributed by atoms with Gasteiger partial charge in [-0.05, 0) is 48.2 Å². The van der Waals surface area contributed by atoms with Gasteiger partial charge >= 0.3 is 0 Å². The average molecular weight is 422 g/mol. The fourth-order valence-electron chi connectivity index (χ4n) is 5.08. The van der Waals surface area contributed by atoms with E-state index in [-0.39, 0.29) is 17.2 Å². The number of para-hydroxylation sites is 1. The number of fused-ring (bicyclic) bond motifs is 3. The van der Waals surface area contributed by atoms with Gasteiger partial charge in [0, 0.05) is 59.8 Å². The number of amides is 2. The molecule has 0 unspecified atom stereocenters. The summed E-state index contributed by atoms with van der Waals surface area (Å²) in [6, 6.07) is 13.9. The molecule has 0 aliphatic carbocycles. The molecule has 154 valence electrons. The molecule has 1 aromatic heterocycles. The molecule has 1 saturated heterocycles.